The molecule has 0 saturated heterocycles. The molecule has 0 spiro atoms. The Labute approximate surface area is 110 Å². The second kappa shape index (κ2) is 8.90. The molecule has 7 nitrogen and oxygen atoms in total. The third-order valence-corrected chi connectivity index (χ3v) is 1.96. The number of rotatable bonds is 6. The van der Waals surface area contributed by atoms with E-state index in [0.717, 1.165) is 5.56 Å². The van der Waals surface area contributed by atoms with Crippen molar-refractivity contribution >= 4 is 12.1 Å². The van der Waals surface area contributed by atoms with Crippen molar-refractivity contribution in [1.29, 1.82) is 0 Å². The number of imide groups is 1. The maximum Gasteiger partial charge on any atom is 0.415 e. The lowest BCUT2D eigenvalue weighted by Gasteiger charge is -2.08. The molecule has 0 aliphatic carbocycles. The number of nitrogens with one attached hydrogen (secondary N) is 2. The van der Waals surface area contributed by atoms with Crippen LogP contribution in [0, 0.1) is 0 Å². The zero-order valence-corrected chi connectivity index (χ0v) is 10.5. The molecule has 1 rings (SSSR count). The predicted octanol–water partition coefficient (Wildman–Crippen LogP) is 1.20. The second-order valence-electron chi connectivity index (χ2n) is 3.45. The lowest BCUT2D eigenvalue weighted by Crippen LogP contribution is -2.40. The molecule has 0 fully saturated rings. The number of methoxy groups -OCH3 is 1. The molecule has 104 valence electrons. The van der Waals surface area contributed by atoms with E-state index < -0.39 is 12.1 Å². The Kier molecular flexibility index (Phi) is 7.00. The fraction of sp³-hybridized carbons (Fsp3) is 0.333. The largest absolute Gasteiger partial charge is 0.444 e. The van der Waals surface area contributed by atoms with Crippen LogP contribution in [0.5, 0.6) is 0 Å². The van der Waals surface area contributed by atoms with E-state index in [9.17, 15) is 9.59 Å². The minimum absolute atomic E-state index is 0.0543. The van der Waals surface area contributed by atoms with Gasteiger partial charge in [0.25, 0.3) is 0 Å². The van der Waals surface area contributed by atoms with Gasteiger partial charge in [-0.15, -0.1) is 0 Å². The van der Waals surface area contributed by atoms with Gasteiger partial charge in [0.1, 0.15) is 20.1 Å². The molecule has 1 aromatic rings. The number of urea groups is 1. The molecule has 0 aromatic heterocycles. The lowest BCUT2D eigenvalue weighted by molar-refractivity contribution is -0.0342. The van der Waals surface area contributed by atoms with E-state index in [0.29, 0.717) is 0 Å². The van der Waals surface area contributed by atoms with E-state index in [4.69, 9.17) is 9.47 Å². The second-order valence-corrected chi connectivity index (χ2v) is 3.45. The van der Waals surface area contributed by atoms with Crippen molar-refractivity contribution in [2.24, 2.45) is 0 Å². The maximum absolute atomic E-state index is 11.3. The van der Waals surface area contributed by atoms with Crippen molar-refractivity contribution in [3.05, 3.63) is 35.9 Å². The van der Waals surface area contributed by atoms with E-state index in [-0.39, 0.29) is 20.1 Å². The van der Waals surface area contributed by atoms with Crippen LogP contribution in [0.25, 0.3) is 0 Å². The maximum atomic E-state index is 11.3. The van der Waals surface area contributed by atoms with E-state index in [1.54, 1.807) is 0 Å². The Morgan fingerprint density at radius 2 is 1.95 bits per heavy atom. The fourth-order valence-electron chi connectivity index (χ4n) is 1.14. The van der Waals surface area contributed by atoms with E-state index in [2.05, 4.69) is 10.1 Å². The molecule has 0 atom stereocenters. The number of hydrogen-bond donors (Lipinski definition) is 2. The summed E-state index contributed by atoms with van der Waals surface area (Å²) in [7, 11) is 1.46. The fourth-order valence-corrected chi connectivity index (χ4v) is 1.14. The monoisotopic (exact) mass is 268 g/mol. The van der Waals surface area contributed by atoms with Crippen molar-refractivity contribution in [2.75, 3.05) is 20.6 Å². The van der Waals surface area contributed by atoms with Gasteiger partial charge in [0.15, 0.2) is 0 Å². The molecule has 19 heavy (non-hydrogen) atoms. The molecular formula is C12H16N2O5. The highest BCUT2D eigenvalue weighted by atomic mass is 16.7. The summed E-state index contributed by atoms with van der Waals surface area (Å²) in [5.74, 6) is 0. The number of benzene rings is 1. The van der Waals surface area contributed by atoms with Crippen LogP contribution in [0.1, 0.15) is 5.56 Å². The van der Waals surface area contributed by atoms with Gasteiger partial charge >= 0.3 is 12.1 Å². The molecule has 0 aliphatic heterocycles. The molecular weight excluding hydrogens is 252 g/mol. The van der Waals surface area contributed by atoms with Crippen LogP contribution in [0.4, 0.5) is 9.59 Å². The average Bonchev–Trinajstić information content (AvgIpc) is 2.42. The Bertz CT molecular complexity index is 396. The topological polar surface area (TPSA) is 85.9 Å². The van der Waals surface area contributed by atoms with Crippen molar-refractivity contribution in [3.8, 4) is 0 Å². The summed E-state index contributed by atoms with van der Waals surface area (Å²) >= 11 is 0. The Hall–Kier alpha value is -2.12. The summed E-state index contributed by atoms with van der Waals surface area (Å²) in [4.78, 5) is 22.4. The third-order valence-electron chi connectivity index (χ3n) is 1.96. The number of amides is 3. The van der Waals surface area contributed by atoms with Crippen LogP contribution in [0.15, 0.2) is 30.3 Å². The Morgan fingerprint density at radius 1 is 1.21 bits per heavy atom. The first kappa shape index (κ1) is 14.9. The van der Waals surface area contributed by atoms with Gasteiger partial charge in [-0.2, -0.15) is 0 Å². The first-order chi connectivity index (χ1) is 9.22. The van der Waals surface area contributed by atoms with Gasteiger partial charge in [-0.3, -0.25) is 0 Å². The minimum Gasteiger partial charge on any atom is -0.444 e. The smallest absolute Gasteiger partial charge is 0.415 e. The highest BCUT2D eigenvalue weighted by Crippen LogP contribution is 2.00. The number of alkyl carbamates (subject to hydrolysis) is 1. The molecule has 0 unspecified atom stereocenters. The highest BCUT2D eigenvalue weighted by Gasteiger charge is 2.07. The summed E-state index contributed by atoms with van der Waals surface area (Å²) in [5.41, 5.74) is 0.835. The normalized spacial score (nSPS) is 9.74. The molecule has 0 bridgehead atoms. The van der Waals surface area contributed by atoms with Crippen molar-refractivity contribution in [3.63, 3.8) is 0 Å². The quantitative estimate of drug-likeness (QED) is 0.598. The van der Waals surface area contributed by atoms with Crippen molar-refractivity contribution in [1.82, 2.24) is 10.6 Å². The summed E-state index contributed by atoms with van der Waals surface area (Å²) < 4.78 is 14.3. The first-order valence-corrected chi connectivity index (χ1v) is 5.54. The van der Waals surface area contributed by atoms with Crippen LogP contribution in [-0.4, -0.2) is 32.8 Å². The minimum atomic E-state index is -0.826. The SMILES string of the molecule is COCOCNC(=O)NC(=O)OCc1ccccc1. The predicted molar refractivity (Wildman–Crippen MR) is 66.1 cm³/mol. The van der Waals surface area contributed by atoms with Gasteiger partial charge in [0.05, 0.1) is 0 Å². The number of carbonyl (C=O) groups is 2. The van der Waals surface area contributed by atoms with Gasteiger partial charge < -0.3 is 19.5 Å². The van der Waals surface area contributed by atoms with Gasteiger partial charge in [-0.05, 0) is 5.56 Å². The molecule has 2 N–H and O–H groups in total. The summed E-state index contributed by atoms with van der Waals surface area (Å²) in [6, 6.07) is 8.44. The zero-order valence-electron chi connectivity index (χ0n) is 10.5. The number of ether oxygens (including phenoxy) is 3. The molecule has 3 amide bonds. The molecule has 0 saturated carbocycles. The van der Waals surface area contributed by atoms with E-state index in [1.165, 1.54) is 7.11 Å². The highest BCUT2D eigenvalue weighted by molar-refractivity contribution is 5.90. The molecule has 7 heteroatoms. The number of carbonyl (C=O) groups excluding carboxylic acids is 2. The summed E-state index contributed by atoms with van der Waals surface area (Å²) in [6.07, 6.45) is -0.826. The van der Waals surface area contributed by atoms with Gasteiger partial charge in [-0.1, -0.05) is 30.3 Å². The van der Waals surface area contributed by atoms with Gasteiger partial charge in [0, 0.05) is 7.11 Å². The Morgan fingerprint density at radius 3 is 2.63 bits per heavy atom. The Balaban J connectivity index is 2.15. The van der Waals surface area contributed by atoms with E-state index in [1.807, 2.05) is 35.6 Å². The molecule has 0 aliphatic rings. The zero-order chi connectivity index (χ0) is 13.9. The summed E-state index contributed by atoms with van der Waals surface area (Å²) in [6.45, 7) is 0.0878. The van der Waals surface area contributed by atoms with Crippen LogP contribution in [-0.2, 0) is 20.8 Å². The molecule has 0 heterocycles. The molecule has 1 aromatic carbocycles. The first-order valence-electron chi connectivity index (χ1n) is 5.54. The van der Waals surface area contributed by atoms with Crippen molar-refractivity contribution in [2.45, 2.75) is 6.61 Å². The van der Waals surface area contributed by atoms with Gasteiger partial charge in [0.2, 0.25) is 0 Å². The molecule has 0 radical (unpaired) electrons. The van der Waals surface area contributed by atoms with Crippen molar-refractivity contribution < 1.29 is 23.8 Å². The van der Waals surface area contributed by atoms with Crippen LogP contribution in [0.3, 0.4) is 0 Å². The van der Waals surface area contributed by atoms with E-state index >= 15 is 0 Å². The standard InChI is InChI=1S/C12H16N2O5/c1-17-9-18-8-13-11(15)14-12(16)19-7-10-5-3-2-4-6-10/h2-6H,7-9H2,1H3,(H2,13,14,15,16). The summed E-state index contributed by atoms with van der Waals surface area (Å²) in [5, 5.41) is 4.29. The third kappa shape index (κ3) is 7.02. The lowest BCUT2D eigenvalue weighted by atomic mass is 10.2. The van der Waals surface area contributed by atoms with Gasteiger partial charge in [-0.25, -0.2) is 14.9 Å². The van der Waals surface area contributed by atoms with Crippen LogP contribution < -0.4 is 10.6 Å². The number of hydrogen-bond acceptors (Lipinski definition) is 5. The van der Waals surface area contributed by atoms with Crippen LogP contribution in [0.2, 0.25) is 0 Å². The average molecular weight is 268 g/mol. The van der Waals surface area contributed by atoms with Crippen LogP contribution >= 0.6 is 0 Å².